The fourth-order valence-electron chi connectivity index (χ4n) is 4.19. The minimum Gasteiger partial charge on any atom is -0.461 e. The first-order valence-electron chi connectivity index (χ1n) is 12.8. The van der Waals surface area contributed by atoms with Crippen molar-refractivity contribution < 1.29 is 23.3 Å². The van der Waals surface area contributed by atoms with E-state index in [1.807, 2.05) is 24.3 Å². The second-order valence-corrected chi connectivity index (χ2v) is 10.8. The molecule has 3 N–H and O–H groups in total. The molecule has 2 heterocycles. The molecule has 10 nitrogen and oxygen atoms in total. The van der Waals surface area contributed by atoms with E-state index >= 15 is 0 Å². The average molecular weight is 528 g/mol. The number of anilines is 1. The number of nitrogens with one attached hydrogen (secondary N) is 1. The zero-order valence-corrected chi connectivity index (χ0v) is 21.9. The fraction of sp³-hybridized carbons (Fsp3) is 0.500. The molecular formula is C26H34N5O5P. The van der Waals surface area contributed by atoms with Crippen LogP contribution in [0.2, 0.25) is 0 Å². The number of carbonyl (C=O) groups excluding carboxylic acids is 1. The average Bonchev–Trinajstić information content (AvgIpc) is 3.65. The van der Waals surface area contributed by atoms with Crippen LogP contribution in [0.3, 0.4) is 0 Å². The first kappa shape index (κ1) is 25.9. The Labute approximate surface area is 217 Å². The Kier molecular flexibility index (Phi) is 8.51. The maximum absolute atomic E-state index is 12.3. The second kappa shape index (κ2) is 12.2. The Balaban J connectivity index is 1.16. The van der Waals surface area contributed by atoms with Gasteiger partial charge >= 0.3 is 14.5 Å². The third-order valence-electron chi connectivity index (χ3n) is 6.81. The lowest BCUT2D eigenvalue weighted by molar-refractivity contribution is -0.151. The van der Waals surface area contributed by atoms with E-state index in [1.165, 1.54) is 24.7 Å². The molecule has 2 unspecified atom stereocenters. The molecule has 1 aromatic carbocycles. The Morgan fingerprint density at radius 2 is 2.00 bits per heavy atom. The predicted octanol–water partition coefficient (Wildman–Crippen LogP) is 4.14. The Hall–Kier alpha value is -2.78. The molecule has 0 spiro atoms. The normalized spacial score (nSPS) is 17.3. The van der Waals surface area contributed by atoms with Gasteiger partial charge in [0.15, 0.2) is 5.82 Å². The van der Waals surface area contributed by atoms with E-state index in [1.54, 1.807) is 11.6 Å². The third-order valence-corrected chi connectivity index (χ3v) is 7.99. The summed E-state index contributed by atoms with van der Waals surface area (Å²) in [5, 5.41) is 7.41. The number of hydrogen-bond acceptors (Lipinski definition) is 9. The number of aromatic nitrogens is 3. The number of aryl methyl sites for hydroxylation is 1. The van der Waals surface area contributed by atoms with Crippen molar-refractivity contribution in [3.63, 3.8) is 0 Å². The van der Waals surface area contributed by atoms with Gasteiger partial charge in [-0.05, 0) is 80.7 Å². The lowest BCUT2D eigenvalue weighted by atomic mass is 9.96. The summed E-state index contributed by atoms with van der Waals surface area (Å²) in [6, 6.07) is 12.0. The summed E-state index contributed by atoms with van der Waals surface area (Å²) >= 11 is 0. The number of carbonyl (C=O) groups is 1. The van der Waals surface area contributed by atoms with E-state index in [2.05, 4.69) is 27.3 Å². The van der Waals surface area contributed by atoms with Crippen LogP contribution >= 0.6 is 8.53 Å². The highest BCUT2D eigenvalue weighted by molar-refractivity contribution is 7.45. The van der Waals surface area contributed by atoms with E-state index < -0.39 is 8.53 Å². The fourth-order valence-corrected chi connectivity index (χ4v) is 5.27. The molecular weight excluding hydrogens is 493 g/mol. The number of esters is 1. The standard InChI is InChI=1S/C26H34N5O5P/c1-33-23(13-9-20-10-14-24-26(27)28-17-29-31(20)24)16-34-37(30-15-25(32)35-21-3-2-4-21)36-22-11-7-19(8-12-22)18-5-6-18/h7-8,10-12,14,17-18,21,23,30H,2-6,9,13,15-16H2,1H3,(H2,27,28,29). The van der Waals surface area contributed by atoms with E-state index in [-0.39, 0.29) is 24.7 Å². The van der Waals surface area contributed by atoms with Crippen molar-refractivity contribution in [1.82, 2.24) is 19.7 Å². The number of rotatable bonds is 14. The van der Waals surface area contributed by atoms with Crippen LogP contribution in [0.25, 0.3) is 5.52 Å². The summed E-state index contributed by atoms with van der Waals surface area (Å²) < 4.78 is 25.2. The van der Waals surface area contributed by atoms with Crippen molar-refractivity contribution >= 4 is 25.8 Å². The van der Waals surface area contributed by atoms with Gasteiger partial charge in [0.25, 0.3) is 0 Å². The third kappa shape index (κ3) is 6.96. The van der Waals surface area contributed by atoms with Crippen LogP contribution in [0, 0.1) is 0 Å². The molecule has 2 aromatic heterocycles. The van der Waals surface area contributed by atoms with Crippen molar-refractivity contribution in [3.05, 3.63) is 54.0 Å². The van der Waals surface area contributed by atoms with Crippen LogP contribution in [0.4, 0.5) is 5.82 Å². The lowest BCUT2D eigenvalue weighted by Gasteiger charge is -2.26. The first-order valence-corrected chi connectivity index (χ1v) is 14.0. The van der Waals surface area contributed by atoms with Crippen LogP contribution < -0.4 is 15.3 Å². The molecule has 3 aromatic rings. The summed E-state index contributed by atoms with van der Waals surface area (Å²) in [6.45, 7) is 0.324. The number of nitrogens with zero attached hydrogens (tertiary/aromatic N) is 3. The van der Waals surface area contributed by atoms with Gasteiger partial charge in [-0.15, -0.1) is 0 Å². The smallest absolute Gasteiger partial charge is 0.320 e. The predicted molar refractivity (Wildman–Crippen MR) is 140 cm³/mol. The largest absolute Gasteiger partial charge is 0.461 e. The Bertz CT molecular complexity index is 1180. The van der Waals surface area contributed by atoms with Crippen molar-refractivity contribution in [2.75, 3.05) is 26.0 Å². The molecule has 5 rings (SSSR count). The number of nitrogens with two attached hydrogens (primary N) is 1. The maximum atomic E-state index is 12.3. The molecule has 37 heavy (non-hydrogen) atoms. The minimum atomic E-state index is -1.59. The second-order valence-electron chi connectivity index (χ2n) is 9.53. The number of benzene rings is 1. The van der Waals surface area contributed by atoms with Crippen LogP contribution in [0.1, 0.15) is 55.7 Å². The molecule has 198 valence electrons. The van der Waals surface area contributed by atoms with Crippen LogP contribution in [-0.4, -0.2) is 53.0 Å². The van der Waals surface area contributed by atoms with Crippen LogP contribution in [0.5, 0.6) is 5.75 Å². The highest BCUT2D eigenvalue weighted by Gasteiger charge is 2.25. The highest BCUT2D eigenvalue weighted by Crippen LogP contribution is 2.42. The Morgan fingerprint density at radius 1 is 1.19 bits per heavy atom. The van der Waals surface area contributed by atoms with Gasteiger partial charge in [0, 0.05) is 12.8 Å². The van der Waals surface area contributed by atoms with Crippen molar-refractivity contribution in [2.45, 2.75) is 63.1 Å². The molecule has 2 fully saturated rings. The molecule has 2 aliphatic carbocycles. The van der Waals surface area contributed by atoms with Gasteiger partial charge in [0.2, 0.25) is 0 Å². The molecule has 0 bridgehead atoms. The minimum absolute atomic E-state index is 0.0251. The molecule has 0 radical (unpaired) electrons. The number of methoxy groups -OCH3 is 1. The van der Waals surface area contributed by atoms with Crippen LogP contribution in [0.15, 0.2) is 42.7 Å². The Morgan fingerprint density at radius 3 is 2.70 bits per heavy atom. The first-order chi connectivity index (χ1) is 18.1. The lowest BCUT2D eigenvalue weighted by Crippen LogP contribution is -2.31. The zero-order chi connectivity index (χ0) is 25.6. The van der Waals surface area contributed by atoms with E-state index in [0.717, 1.165) is 36.9 Å². The van der Waals surface area contributed by atoms with Crippen molar-refractivity contribution in [3.8, 4) is 5.75 Å². The van der Waals surface area contributed by atoms with E-state index in [4.69, 9.17) is 24.3 Å². The number of hydrogen-bond donors (Lipinski definition) is 2. The van der Waals surface area contributed by atoms with E-state index in [9.17, 15) is 4.79 Å². The molecule has 2 aliphatic rings. The SMILES string of the molecule is COC(CCc1ccc2c(N)ncnn12)COP(NCC(=O)OC1CCC1)Oc1ccc(C2CC2)cc1. The zero-order valence-electron chi connectivity index (χ0n) is 21.0. The summed E-state index contributed by atoms with van der Waals surface area (Å²) in [6.07, 6.45) is 8.21. The molecule has 0 amide bonds. The molecule has 0 saturated heterocycles. The summed E-state index contributed by atoms with van der Waals surface area (Å²) in [4.78, 5) is 16.3. The van der Waals surface area contributed by atoms with Gasteiger partial charge < -0.3 is 24.3 Å². The summed E-state index contributed by atoms with van der Waals surface area (Å²) in [5.41, 5.74) is 9.07. The number of fused-ring (bicyclic) bond motifs is 1. The monoisotopic (exact) mass is 527 g/mol. The van der Waals surface area contributed by atoms with Gasteiger partial charge in [0.1, 0.15) is 30.2 Å². The van der Waals surface area contributed by atoms with E-state index in [0.29, 0.717) is 30.5 Å². The molecule has 2 saturated carbocycles. The quantitative estimate of drug-likeness (QED) is 0.235. The van der Waals surface area contributed by atoms with Crippen molar-refractivity contribution in [2.24, 2.45) is 0 Å². The molecule has 0 aliphatic heterocycles. The number of nitrogen functional groups attached to an aromatic ring is 1. The van der Waals surface area contributed by atoms with Gasteiger partial charge in [-0.25, -0.2) is 14.6 Å². The topological polar surface area (TPSA) is 122 Å². The van der Waals surface area contributed by atoms with Crippen molar-refractivity contribution in [1.29, 1.82) is 0 Å². The van der Waals surface area contributed by atoms with Gasteiger partial charge in [0.05, 0.1) is 12.7 Å². The van der Waals surface area contributed by atoms with Gasteiger partial charge in [-0.3, -0.25) is 4.79 Å². The molecule has 11 heteroatoms. The number of ether oxygens (including phenoxy) is 2. The molecule has 2 atom stereocenters. The summed E-state index contributed by atoms with van der Waals surface area (Å²) in [5.74, 6) is 1.52. The highest BCUT2D eigenvalue weighted by atomic mass is 31.2. The van der Waals surface area contributed by atoms with Gasteiger partial charge in [-0.1, -0.05) is 12.1 Å². The maximum Gasteiger partial charge on any atom is 0.320 e. The summed E-state index contributed by atoms with van der Waals surface area (Å²) in [7, 11) is 0.0705. The van der Waals surface area contributed by atoms with Gasteiger partial charge in [-0.2, -0.15) is 5.10 Å². The van der Waals surface area contributed by atoms with Crippen LogP contribution in [-0.2, 0) is 25.2 Å².